The van der Waals surface area contributed by atoms with Gasteiger partial charge in [0.05, 0.1) is 18.5 Å². The Labute approximate surface area is 101 Å². The molecule has 2 atom stereocenters. The van der Waals surface area contributed by atoms with Gasteiger partial charge in [0.25, 0.3) is 5.56 Å². The van der Waals surface area contributed by atoms with Crippen molar-refractivity contribution in [3.05, 3.63) is 16.7 Å². The molecular weight excluding hydrogens is 238 g/mol. The first-order chi connectivity index (χ1) is 8.56. The molecule has 0 aliphatic heterocycles. The number of aromatic amines is 1. The van der Waals surface area contributed by atoms with Gasteiger partial charge >= 0.3 is 0 Å². The van der Waals surface area contributed by atoms with Gasteiger partial charge in [-0.1, -0.05) is 0 Å². The summed E-state index contributed by atoms with van der Waals surface area (Å²) >= 11 is 0. The molecule has 0 amide bonds. The molecule has 1 aliphatic rings. The van der Waals surface area contributed by atoms with Crippen LogP contribution in [0.2, 0.25) is 0 Å². The van der Waals surface area contributed by atoms with Crippen molar-refractivity contribution in [2.24, 2.45) is 0 Å². The lowest BCUT2D eigenvalue weighted by atomic mass is 10.2. The molecule has 1 aliphatic carbocycles. The Hall–Kier alpha value is -1.93. The summed E-state index contributed by atoms with van der Waals surface area (Å²) in [5, 5.41) is 19.1. The van der Waals surface area contributed by atoms with E-state index >= 15 is 0 Å². The summed E-state index contributed by atoms with van der Waals surface area (Å²) in [7, 11) is 0. The van der Waals surface area contributed by atoms with Crippen molar-refractivity contribution >= 4 is 17.1 Å². The lowest BCUT2D eigenvalue weighted by molar-refractivity contribution is 0.0438. The number of hydrogen-bond acceptors (Lipinski definition) is 6. The Morgan fingerprint density at radius 1 is 1.39 bits per heavy atom. The molecule has 8 heteroatoms. The quantitative estimate of drug-likeness (QED) is 0.501. The van der Waals surface area contributed by atoms with Gasteiger partial charge in [0.15, 0.2) is 11.2 Å². The van der Waals surface area contributed by atoms with E-state index in [1.807, 2.05) is 0 Å². The van der Waals surface area contributed by atoms with Crippen LogP contribution >= 0.6 is 0 Å². The zero-order chi connectivity index (χ0) is 12.9. The fourth-order valence-electron chi connectivity index (χ4n) is 2.41. The Morgan fingerprint density at radius 2 is 2.06 bits per heavy atom. The maximum atomic E-state index is 11.6. The molecule has 0 saturated heterocycles. The molecule has 0 spiro atoms. The molecule has 0 radical (unpaired) electrons. The summed E-state index contributed by atoms with van der Waals surface area (Å²) in [4.78, 5) is 22.0. The molecule has 5 N–H and O–H groups in total. The summed E-state index contributed by atoms with van der Waals surface area (Å²) in [6.45, 7) is 0. The number of aromatic nitrogens is 4. The van der Waals surface area contributed by atoms with Crippen LogP contribution in [0.4, 0.5) is 5.95 Å². The van der Waals surface area contributed by atoms with Crippen molar-refractivity contribution < 1.29 is 10.2 Å². The van der Waals surface area contributed by atoms with Crippen molar-refractivity contribution in [1.82, 2.24) is 19.5 Å². The van der Waals surface area contributed by atoms with Crippen LogP contribution in [0.25, 0.3) is 11.2 Å². The standard InChI is InChI=1S/C10H13N5O3/c11-10-13-8-7(9(18)14-10)12-3-15(8)4-1-5(16)6(17)2-4/h3-6,16-17H,1-2H2,(H3,11,13,14,18)/t5-,6-/m1/s1. The van der Waals surface area contributed by atoms with E-state index < -0.39 is 17.8 Å². The van der Waals surface area contributed by atoms with Crippen LogP contribution in [0.5, 0.6) is 0 Å². The average Bonchev–Trinajstić information content (AvgIpc) is 2.83. The monoisotopic (exact) mass is 251 g/mol. The summed E-state index contributed by atoms with van der Waals surface area (Å²) in [5.74, 6) is 0.0216. The Kier molecular flexibility index (Phi) is 2.35. The van der Waals surface area contributed by atoms with Crippen LogP contribution in [-0.4, -0.2) is 41.9 Å². The first kappa shape index (κ1) is 11.2. The minimum atomic E-state index is -0.758. The molecule has 1 saturated carbocycles. The van der Waals surface area contributed by atoms with Gasteiger partial charge in [-0.25, -0.2) is 4.98 Å². The summed E-state index contributed by atoms with van der Waals surface area (Å²) < 4.78 is 1.68. The number of nitrogens with one attached hydrogen (secondary N) is 1. The van der Waals surface area contributed by atoms with Crippen LogP contribution in [0.15, 0.2) is 11.1 Å². The fraction of sp³-hybridized carbons (Fsp3) is 0.500. The second-order valence-corrected chi connectivity index (χ2v) is 4.54. The van der Waals surface area contributed by atoms with E-state index in [2.05, 4.69) is 15.0 Å². The van der Waals surface area contributed by atoms with E-state index in [1.54, 1.807) is 4.57 Å². The largest absolute Gasteiger partial charge is 0.390 e. The Balaban J connectivity index is 2.11. The van der Waals surface area contributed by atoms with Crippen LogP contribution in [-0.2, 0) is 0 Å². The lowest BCUT2D eigenvalue weighted by Crippen LogP contribution is -2.17. The Bertz CT molecular complexity index is 638. The highest BCUT2D eigenvalue weighted by Crippen LogP contribution is 2.31. The molecule has 2 aromatic rings. The van der Waals surface area contributed by atoms with E-state index in [-0.39, 0.29) is 17.5 Å². The third kappa shape index (κ3) is 1.57. The lowest BCUT2D eigenvalue weighted by Gasteiger charge is -2.11. The average molecular weight is 251 g/mol. The Morgan fingerprint density at radius 3 is 2.72 bits per heavy atom. The number of aliphatic hydroxyl groups is 2. The summed E-state index contributed by atoms with van der Waals surface area (Å²) in [5.41, 5.74) is 5.69. The van der Waals surface area contributed by atoms with E-state index in [0.717, 1.165) is 0 Å². The number of nitrogens with two attached hydrogens (primary N) is 1. The first-order valence-electron chi connectivity index (χ1n) is 5.64. The number of H-pyrrole nitrogens is 1. The molecule has 0 bridgehead atoms. The minimum Gasteiger partial charge on any atom is -0.390 e. The summed E-state index contributed by atoms with van der Waals surface area (Å²) in [6.07, 6.45) is 0.780. The van der Waals surface area contributed by atoms with Gasteiger partial charge in [0.1, 0.15) is 0 Å². The SMILES string of the molecule is Nc1nc2c(ncn2C2C[C@@H](O)[C@H](O)C2)c(=O)[nH]1. The summed E-state index contributed by atoms with van der Waals surface area (Å²) in [6, 6.07) is -0.131. The van der Waals surface area contributed by atoms with Crippen LogP contribution < -0.4 is 11.3 Å². The fourth-order valence-corrected chi connectivity index (χ4v) is 2.41. The maximum Gasteiger partial charge on any atom is 0.280 e. The zero-order valence-electron chi connectivity index (χ0n) is 9.45. The van der Waals surface area contributed by atoms with Crippen molar-refractivity contribution in [3.8, 4) is 0 Å². The topological polar surface area (TPSA) is 130 Å². The highest BCUT2D eigenvalue weighted by molar-refractivity contribution is 5.70. The van der Waals surface area contributed by atoms with E-state index in [9.17, 15) is 15.0 Å². The highest BCUT2D eigenvalue weighted by Gasteiger charge is 2.33. The predicted molar refractivity (Wildman–Crippen MR) is 62.8 cm³/mol. The predicted octanol–water partition coefficient (Wildman–Crippen LogP) is -1.24. The van der Waals surface area contributed by atoms with Crippen molar-refractivity contribution in [2.45, 2.75) is 31.1 Å². The van der Waals surface area contributed by atoms with Crippen molar-refractivity contribution in [3.63, 3.8) is 0 Å². The van der Waals surface area contributed by atoms with Gasteiger partial charge < -0.3 is 20.5 Å². The second kappa shape index (κ2) is 3.79. The van der Waals surface area contributed by atoms with Gasteiger partial charge in [-0.05, 0) is 12.8 Å². The number of rotatable bonds is 1. The van der Waals surface area contributed by atoms with E-state index in [0.29, 0.717) is 18.5 Å². The molecule has 1 fully saturated rings. The van der Waals surface area contributed by atoms with E-state index in [1.165, 1.54) is 6.33 Å². The van der Waals surface area contributed by atoms with Gasteiger partial charge in [0.2, 0.25) is 5.95 Å². The van der Waals surface area contributed by atoms with Crippen molar-refractivity contribution in [1.29, 1.82) is 0 Å². The third-order valence-corrected chi connectivity index (χ3v) is 3.32. The number of nitrogen functional groups attached to an aromatic ring is 1. The highest BCUT2D eigenvalue weighted by atomic mass is 16.3. The maximum absolute atomic E-state index is 11.6. The molecule has 0 unspecified atom stereocenters. The normalized spacial score (nSPS) is 25.0. The van der Waals surface area contributed by atoms with Gasteiger partial charge in [-0.15, -0.1) is 0 Å². The van der Waals surface area contributed by atoms with Gasteiger partial charge in [-0.2, -0.15) is 4.98 Å². The molecule has 8 nitrogen and oxygen atoms in total. The second-order valence-electron chi connectivity index (χ2n) is 4.54. The number of anilines is 1. The van der Waals surface area contributed by atoms with Gasteiger partial charge in [-0.3, -0.25) is 9.78 Å². The number of nitrogens with zero attached hydrogens (tertiary/aromatic N) is 3. The van der Waals surface area contributed by atoms with Crippen LogP contribution in [0, 0.1) is 0 Å². The third-order valence-electron chi connectivity index (χ3n) is 3.32. The zero-order valence-corrected chi connectivity index (χ0v) is 9.45. The molecule has 0 aromatic carbocycles. The number of imidazole rings is 1. The van der Waals surface area contributed by atoms with Gasteiger partial charge in [0, 0.05) is 6.04 Å². The number of fused-ring (bicyclic) bond motifs is 1. The first-order valence-corrected chi connectivity index (χ1v) is 5.64. The molecule has 96 valence electrons. The molecular formula is C10H13N5O3. The number of hydrogen-bond donors (Lipinski definition) is 4. The minimum absolute atomic E-state index is 0.0216. The molecule has 3 rings (SSSR count). The molecule has 2 heterocycles. The van der Waals surface area contributed by atoms with Crippen LogP contribution in [0.1, 0.15) is 18.9 Å². The smallest absolute Gasteiger partial charge is 0.280 e. The van der Waals surface area contributed by atoms with E-state index in [4.69, 9.17) is 5.73 Å². The molecule has 2 aromatic heterocycles. The molecule has 18 heavy (non-hydrogen) atoms. The number of aliphatic hydroxyl groups excluding tert-OH is 2. The van der Waals surface area contributed by atoms with Crippen molar-refractivity contribution in [2.75, 3.05) is 5.73 Å². The van der Waals surface area contributed by atoms with Crippen LogP contribution in [0.3, 0.4) is 0 Å².